The Labute approximate surface area is 199 Å². The van der Waals surface area contributed by atoms with Gasteiger partial charge in [-0.2, -0.15) is 0 Å². The number of hydrogen-bond donors (Lipinski definition) is 3. The fraction of sp³-hybridized carbons (Fsp3) is 0.444. The number of amides is 2. The number of alkyl carbamates (subject to hydrolysis) is 1. The molecule has 0 heterocycles. The standard InChI is InChI=1S/C27H32N2O5/c1-27(2,3)23(24(30)28-17-13-12-16(14-17)25(31)32)29-26(33)34-15-22-20-10-6-4-8-18(20)19-9-5-7-11-21(19)22/h4-11,16-17,22-23H,12-15H2,1-3H3,(H,28,30)(H,29,33)(H,31,32)/t16-,17+,23+/m1/s1. The third kappa shape index (κ3) is 4.93. The number of aliphatic carboxylic acids is 1. The number of benzene rings is 2. The summed E-state index contributed by atoms with van der Waals surface area (Å²) in [5.74, 6) is -1.65. The first-order chi connectivity index (χ1) is 16.1. The van der Waals surface area contributed by atoms with Gasteiger partial charge < -0.3 is 20.5 Å². The number of nitrogens with one attached hydrogen (secondary N) is 2. The maximum absolute atomic E-state index is 13.0. The molecule has 1 saturated carbocycles. The first-order valence-corrected chi connectivity index (χ1v) is 11.8. The van der Waals surface area contributed by atoms with Crippen LogP contribution in [0.4, 0.5) is 4.79 Å². The lowest BCUT2D eigenvalue weighted by Crippen LogP contribution is -2.55. The van der Waals surface area contributed by atoms with E-state index in [-0.39, 0.29) is 24.5 Å². The Hall–Kier alpha value is -3.35. The van der Waals surface area contributed by atoms with Gasteiger partial charge in [0.2, 0.25) is 5.91 Å². The van der Waals surface area contributed by atoms with Crippen molar-refractivity contribution in [3.63, 3.8) is 0 Å². The SMILES string of the molecule is CC(C)(C)[C@@H](NC(=O)OCC1c2ccccc2-c2ccccc21)C(=O)N[C@H]1CC[C@@H](C(=O)O)C1. The van der Waals surface area contributed by atoms with Crippen molar-refractivity contribution in [1.82, 2.24) is 10.6 Å². The molecule has 0 spiro atoms. The van der Waals surface area contributed by atoms with Crippen molar-refractivity contribution < 1.29 is 24.2 Å². The summed E-state index contributed by atoms with van der Waals surface area (Å²) in [7, 11) is 0. The molecular formula is C27H32N2O5. The summed E-state index contributed by atoms with van der Waals surface area (Å²) in [6, 6.07) is 15.2. The van der Waals surface area contributed by atoms with Gasteiger partial charge in [0.15, 0.2) is 0 Å². The van der Waals surface area contributed by atoms with Crippen LogP contribution in [0.2, 0.25) is 0 Å². The number of carbonyl (C=O) groups excluding carboxylic acids is 2. The highest BCUT2D eigenvalue weighted by molar-refractivity contribution is 5.87. The highest BCUT2D eigenvalue weighted by Crippen LogP contribution is 2.44. The molecule has 7 heteroatoms. The van der Waals surface area contributed by atoms with Gasteiger partial charge in [-0.25, -0.2) is 4.79 Å². The highest BCUT2D eigenvalue weighted by atomic mass is 16.5. The average molecular weight is 465 g/mol. The normalized spacial score (nSPS) is 20.2. The summed E-state index contributed by atoms with van der Waals surface area (Å²) in [4.78, 5) is 37.0. The van der Waals surface area contributed by atoms with Crippen molar-refractivity contribution in [3.8, 4) is 11.1 Å². The lowest BCUT2D eigenvalue weighted by molar-refractivity contribution is -0.141. The van der Waals surface area contributed by atoms with Crippen LogP contribution in [0.1, 0.15) is 57.1 Å². The molecule has 3 N–H and O–H groups in total. The number of rotatable bonds is 6. The van der Waals surface area contributed by atoms with Crippen LogP contribution in [0.15, 0.2) is 48.5 Å². The third-order valence-corrected chi connectivity index (χ3v) is 6.86. The Morgan fingerprint density at radius 1 is 1.00 bits per heavy atom. The second-order valence-electron chi connectivity index (χ2n) is 10.3. The summed E-state index contributed by atoms with van der Waals surface area (Å²) < 4.78 is 5.63. The Morgan fingerprint density at radius 3 is 2.12 bits per heavy atom. The molecule has 0 aromatic heterocycles. The minimum Gasteiger partial charge on any atom is -0.481 e. The van der Waals surface area contributed by atoms with Gasteiger partial charge in [0.25, 0.3) is 0 Å². The van der Waals surface area contributed by atoms with Gasteiger partial charge in [-0.3, -0.25) is 9.59 Å². The van der Waals surface area contributed by atoms with E-state index in [1.165, 1.54) is 0 Å². The van der Waals surface area contributed by atoms with Crippen LogP contribution in [0.3, 0.4) is 0 Å². The van der Waals surface area contributed by atoms with Gasteiger partial charge in [0, 0.05) is 12.0 Å². The van der Waals surface area contributed by atoms with Crippen LogP contribution in [0.5, 0.6) is 0 Å². The molecule has 0 unspecified atom stereocenters. The fourth-order valence-electron chi connectivity index (χ4n) is 5.05. The number of hydrogen-bond acceptors (Lipinski definition) is 4. The molecule has 180 valence electrons. The van der Waals surface area contributed by atoms with Crippen molar-refractivity contribution >= 4 is 18.0 Å². The molecule has 2 aromatic carbocycles. The molecule has 0 radical (unpaired) electrons. The Bertz CT molecular complexity index is 1040. The van der Waals surface area contributed by atoms with Gasteiger partial charge in [0.1, 0.15) is 12.6 Å². The highest BCUT2D eigenvalue weighted by Gasteiger charge is 2.37. The summed E-state index contributed by atoms with van der Waals surface area (Å²) in [5, 5.41) is 14.9. The van der Waals surface area contributed by atoms with E-state index in [1.807, 2.05) is 45.0 Å². The number of carboxylic acid groups (broad SMARTS) is 1. The quantitative estimate of drug-likeness (QED) is 0.591. The first kappa shape index (κ1) is 23.8. The van der Waals surface area contributed by atoms with Crippen LogP contribution < -0.4 is 10.6 Å². The zero-order chi connectivity index (χ0) is 24.5. The van der Waals surface area contributed by atoms with E-state index in [0.717, 1.165) is 22.3 Å². The monoisotopic (exact) mass is 464 g/mol. The van der Waals surface area contributed by atoms with Gasteiger partial charge in [-0.05, 0) is 46.9 Å². The molecule has 2 aromatic rings. The predicted molar refractivity (Wildman–Crippen MR) is 128 cm³/mol. The molecule has 3 atom stereocenters. The van der Waals surface area contributed by atoms with Crippen LogP contribution in [0.25, 0.3) is 11.1 Å². The van der Waals surface area contributed by atoms with E-state index in [2.05, 4.69) is 34.9 Å². The van der Waals surface area contributed by atoms with Crippen molar-refractivity contribution in [2.24, 2.45) is 11.3 Å². The molecule has 0 saturated heterocycles. The molecule has 0 aliphatic heterocycles. The second-order valence-corrected chi connectivity index (χ2v) is 10.3. The minimum absolute atomic E-state index is 0.0634. The van der Waals surface area contributed by atoms with Crippen LogP contribution in [-0.4, -0.2) is 41.8 Å². The number of fused-ring (bicyclic) bond motifs is 3. The third-order valence-electron chi connectivity index (χ3n) is 6.86. The van der Waals surface area contributed by atoms with E-state index in [9.17, 15) is 19.5 Å². The van der Waals surface area contributed by atoms with Crippen molar-refractivity contribution in [1.29, 1.82) is 0 Å². The van der Waals surface area contributed by atoms with Gasteiger partial charge in [0.05, 0.1) is 5.92 Å². The van der Waals surface area contributed by atoms with Crippen molar-refractivity contribution in [2.75, 3.05) is 6.61 Å². The number of carbonyl (C=O) groups is 3. The molecule has 7 nitrogen and oxygen atoms in total. The van der Waals surface area contributed by atoms with E-state index in [1.54, 1.807) is 0 Å². The Kier molecular flexibility index (Phi) is 6.64. The topological polar surface area (TPSA) is 105 Å². The van der Waals surface area contributed by atoms with Gasteiger partial charge in [-0.1, -0.05) is 69.3 Å². The van der Waals surface area contributed by atoms with E-state index in [4.69, 9.17) is 4.74 Å². The molecule has 0 bridgehead atoms. The molecule has 1 fully saturated rings. The summed E-state index contributed by atoms with van der Waals surface area (Å²) in [6.07, 6.45) is 0.917. The lowest BCUT2D eigenvalue weighted by Gasteiger charge is -2.31. The summed E-state index contributed by atoms with van der Waals surface area (Å²) in [6.45, 7) is 5.78. The molecule has 34 heavy (non-hydrogen) atoms. The van der Waals surface area contributed by atoms with E-state index >= 15 is 0 Å². The smallest absolute Gasteiger partial charge is 0.407 e. The molecule has 2 aliphatic carbocycles. The fourth-order valence-corrected chi connectivity index (χ4v) is 5.05. The lowest BCUT2D eigenvalue weighted by atomic mass is 9.86. The Balaban J connectivity index is 1.39. The van der Waals surface area contributed by atoms with E-state index in [0.29, 0.717) is 19.3 Å². The molecule has 4 rings (SSSR count). The largest absolute Gasteiger partial charge is 0.481 e. The summed E-state index contributed by atoms with van der Waals surface area (Å²) >= 11 is 0. The zero-order valence-corrected chi connectivity index (χ0v) is 19.8. The van der Waals surface area contributed by atoms with Gasteiger partial charge in [-0.15, -0.1) is 0 Å². The van der Waals surface area contributed by atoms with E-state index < -0.39 is 29.4 Å². The average Bonchev–Trinajstić information content (AvgIpc) is 3.38. The maximum Gasteiger partial charge on any atom is 0.407 e. The van der Waals surface area contributed by atoms with Crippen LogP contribution in [0, 0.1) is 11.3 Å². The Morgan fingerprint density at radius 2 is 1.59 bits per heavy atom. The second kappa shape index (κ2) is 9.49. The molecule has 2 amide bonds. The van der Waals surface area contributed by atoms with Gasteiger partial charge >= 0.3 is 12.1 Å². The molecular weight excluding hydrogens is 432 g/mol. The number of ether oxygens (including phenoxy) is 1. The first-order valence-electron chi connectivity index (χ1n) is 11.8. The molecule has 2 aliphatic rings. The van der Waals surface area contributed by atoms with Crippen LogP contribution >= 0.6 is 0 Å². The zero-order valence-electron chi connectivity index (χ0n) is 19.8. The van der Waals surface area contributed by atoms with Crippen molar-refractivity contribution in [2.45, 2.75) is 58.0 Å². The van der Waals surface area contributed by atoms with Crippen molar-refractivity contribution in [3.05, 3.63) is 59.7 Å². The maximum atomic E-state index is 13.0. The predicted octanol–water partition coefficient (Wildman–Crippen LogP) is 4.31. The van der Waals surface area contributed by atoms with Crippen LogP contribution in [-0.2, 0) is 14.3 Å². The summed E-state index contributed by atoms with van der Waals surface area (Å²) in [5.41, 5.74) is 3.98. The minimum atomic E-state index is -0.833. The number of carboxylic acids is 1.